The van der Waals surface area contributed by atoms with Crippen LogP contribution in [0.1, 0.15) is 38.5 Å². The average Bonchev–Trinajstić information content (AvgIpc) is 2.22. The summed E-state index contributed by atoms with van der Waals surface area (Å²) in [6.07, 6.45) is 11.1. The molecule has 0 radical (unpaired) electrons. The Labute approximate surface area is 87.8 Å². The molecule has 0 aromatic carbocycles. The summed E-state index contributed by atoms with van der Waals surface area (Å²) in [5.74, 6) is 0.636. The molecule has 0 aromatic heterocycles. The molecule has 0 N–H and O–H groups in total. The highest BCUT2D eigenvalue weighted by Crippen LogP contribution is 2.41. The average molecular weight is 194 g/mol. The second kappa shape index (κ2) is 5.35. The molecule has 14 heavy (non-hydrogen) atoms. The Morgan fingerprint density at radius 1 is 1.36 bits per heavy atom. The smallest absolute Gasteiger partial charge is 0.0743 e. The Bertz CT molecular complexity index is 197. The third-order valence-corrected chi connectivity index (χ3v) is 3.49. The Morgan fingerprint density at radius 2 is 2.14 bits per heavy atom. The van der Waals surface area contributed by atoms with Gasteiger partial charge in [0.2, 0.25) is 0 Å². The van der Waals surface area contributed by atoms with Crippen LogP contribution in [-0.4, -0.2) is 12.7 Å². The van der Waals surface area contributed by atoms with Crippen LogP contribution in [0.4, 0.5) is 0 Å². The highest BCUT2D eigenvalue weighted by Gasteiger charge is 2.38. The van der Waals surface area contributed by atoms with Gasteiger partial charge < -0.3 is 4.74 Å². The van der Waals surface area contributed by atoms with E-state index in [1.54, 1.807) is 0 Å². The summed E-state index contributed by atoms with van der Waals surface area (Å²) < 4.78 is 5.77. The minimum atomic E-state index is 0.0498. The first-order valence-electron chi connectivity index (χ1n) is 5.56. The number of ether oxygens (including phenoxy) is 1. The van der Waals surface area contributed by atoms with E-state index in [2.05, 4.69) is 13.2 Å². The molecule has 1 fully saturated rings. The van der Waals surface area contributed by atoms with Crippen LogP contribution in [0.15, 0.2) is 25.3 Å². The van der Waals surface area contributed by atoms with Crippen LogP contribution in [0.3, 0.4) is 0 Å². The quantitative estimate of drug-likeness (QED) is 0.606. The molecule has 0 bridgehead atoms. The summed E-state index contributed by atoms with van der Waals surface area (Å²) in [5, 5.41) is 0. The van der Waals surface area contributed by atoms with Gasteiger partial charge >= 0.3 is 0 Å². The van der Waals surface area contributed by atoms with Gasteiger partial charge in [0, 0.05) is 7.11 Å². The number of rotatable bonds is 5. The van der Waals surface area contributed by atoms with E-state index in [-0.39, 0.29) is 5.60 Å². The van der Waals surface area contributed by atoms with Crippen molar-refractivity contribution in [2.45, 2.75) is 44.1 Å². The molecule has 0 amide bonds. The van der Waals surface area contributed by atoms with Crippen molar-refractivity contribution >= 4 is 0 Å². The lowest BCUT2D eigenvalue weighted by Crippen LogP contribution is -2.42. The molecule has 80 valence electrons. The highest BCUT2D eigenvalue weighted by atomic mass is 16.5. The molecule has 0 spiro atoms. The lowest BCUT2D eigenvalue weighted by Gasteiger charge is -2.42. The van der Waals surface area contributed by atoms with Crippen molar-refractivity contribution in [2.24, 2.45) is 5.92 Å². The molecule has 1 heteroatoms. The SMILES string of the molecule is C=CCC1CCCCC1(CC=C)OC. The van der Waals surface area contributed by atoms with Crippen LogP contribution in [0.2, 0.25) is 0 Å². The van der Waals surface area contributed by atoms with Crippen molar-refractivity contribution in [1.29, 1.82) is 0 Å². The van der Waals surface area contributed by atoms with Gasteiger partial charge in [-0.25, -0.2) is 0 Å². The van der Waals surface area contributed by atoms with Gasteiger partial charge in [-0.2, -0.15) is 0 Å². The van der Waals surface area contributed by atoms with Crippen LogP contribution in [0.5, 0.6) is 0 Å². The van der Waals surface area contributed by atoms with Crippen molar-refractivity contribution in [2.75, 3.05) is 7.11 Å². The van der Waals surface area contributed by atoms with Crippen molar-refractivity contribution in [1.82, 2.24) is 0 Å². The number of allylic oxidation sites excluding steroid dienone is 1. The topological polar surface area (TPSA) is 9.23 Å². The van der Waals surface area contributed by atoms with E-state index in [4.69, 9.17) is 4.74 Å². The standard InChI is InChI=1S/C13H22O/c1-4-8-12-9-6-7-11-13(12,14-3)10-5-2/h4-5,12H,1-2,6-11H2,3H3. The van der Waals surface area contributed by atoms with E-state index in [0.717, 1.165) is 12.8 Å². The van der Waals surface area contributed by atoms with Gasteiger partial charge in [0.1, 0.15) is 0 Å². The lowest BCUT2D eigenvalue weighted by molar-refractivity contribution is -0.0796. The molecule has 0 aromatic rings. The molecule has 0 aliphatic heterocycles. The molecule has 1 aliphatic carbocycles. The summed E-state index contributed by atoms with van der Waals surface area (Å²) in [7, 11) is 1.84. The van der Waals surface area contributed by atoms with E-state index in [1.165, 1.54) is 25.7 Å². The minimum Gasteiger partial charge on any atom is -0.378 e. The van der Waals surface area contributed by atoms with Crippen LogP contribution in [-0.2, 0) is 4.74 Å². The summed E-state index contributed by atoms with van der Waals surface area (Å²) in [4.78, 5) is 0. The van der Waals surface area contributed by atoms with Gasteiger partial charge in [-0.1, -0.05) is 25.0 Å². The molecule has 1 aliphatic rings. The minimum absolute atomic E-state index is 0.0498. The van der Waals surface area contributed by atoms with E-state index in [1.807, 2.05) is 19.3 Å². The van der Waals surface area contributed by atoms with Gasteiger partial charge in [0.15, 0.2) is 0 Å². The zero-order valence-corrected chi connectivity index (χ0v) is 9.30. The summed E-state index contributed by atoms with van der Waals surface area (Å²) in [6.45, 7) is 7.67. The second-order valence-corrected chi connectivity index (χ2v) is 4.23. The van der Waals surface area contributed by atoms with E-state index in [9.17, 15) is 0 Å². The Kier molecular flexibility index (Phi) is 4.40. The highest BCUT2D eigenvalue weighted by molar-refractivity contribution is 4.98. The molecule has 1 rings (SSSR count). The molecule has 1 nitrogen and oxygen atoms in total. The van der Waals surface area contributed by atoms with Crippen LogP contribution >= 0.6 is 0 Å². The van der Waals surface area contributed by atoms with Gasteiger partial charge in [-0.15, -0.1) is 13.2 Å². The third kappa shape index (κ3) is 2.27. The Morgan fingerprint density at radius 3 is 2.71 bits per heavy atom. The zero-order valence-electron chi connectivity index (χ0n) is 9.30. The molecular weight excluding hydrogens is 172 g/mol. The number of hydrogen-bond acceptors (Lipinski definition) is 1. The first-order chi connectivity index (χ1) is 6.79. The molecule has 2 atom stereocenters. The molecule has 0 saturated heterocycles. The molecule has 2 unspecified atom stereocenters. The van der Waals surface area contributed by atoms with Crippen molar-refractivity contribution in [3.8, 4) is 0 Å². The molecule has 1 saturated carbocycles. The molecule has 0 heterocycles. The predicted octanol–water partition coefficient (Wildman–Crippen LogP) is 3.71. The lowest BCUT2D eigenvalue weighted by atomic mass is 9.72. The largest absolute Gasteiger partial charge is 0.378 e. The summed E-state index contributed by atoms with van der Waals surface area (Å²) in [5.41, 5.74) is 0.0498. The van der Waals surface area contributed by atoms with Gasteiger partial charge in [-0.3, -0.25) is 0 Å². The predicted molar refractivity (Wildman–Crippen MR) is 61.3 cm³/mol. The van der Waals surface area contributed by atoms with Crippen molar-refractivity contribution in [3.63, 3.8) is 0 Å². The third-order valence-electron chi connectivity index (χ3n) is 3.49. The Hall–Kier alpha value is -0.560. The fourth-order valence-electron chi connectivity index (χ4n) is 2.68. The van der Waals surface area contributed by atoms with E-state index in [0.29, 0.717) is 5.92 Å². The fourth-order valence-corrected chi connectivity index (χ4v) is 2.68. The normalized spacial score (nSPS) is 32.5. The maximum atomic E-state index is 5.77. The maximum Gasteiger partial charge on any atom is 0.0743 e. The van der Waals surface area contributed by atoms with Crippen LogP contribution in [0.25, 0.3) is 0 Å². The summed E-state index contributed by atoms with van der Waals surface area (Å²) >= 11 is 0. The maximum absolute atomic E-state index is 5.77. The molecular formula is C13H22O. The summed E-state index contributed by atoms with van der Waals surface area (Å²) in [6, 6.07) is 0. The Balaban J connectivity index is 2.74. The monoisotopic (exact) mass is 194 g/mol. The van der Waals surface area contributed by atoms with Crippen LogP contribution < -0.4 is 0 Å². The zero-order chi connectivity index (χ0) is 10.4. The van der Waals surface area contributed by atoms with Crippen LogP contribution in [0, 0.1) is 5.92 Å². The number of methoxy groups -OCH3 is 1. The van der Waals surface area contributed by atoms with E-state index < -0.39 is 0 Å². The van der Waals surface area contributed by atoms with Gasteiger partial charge in [-0.05, 0) is 31.6 Å². The second-order valence-electron chi connectivity index (χ2n) is 4.23. The van der Waals surface area contributed by atoms with Gasteiger partial charge in [0.25, 0.3) is 0 Å². The van der Waals surface area contributed by atoms with Crippen molar-refractivity contribution in [3.05, 3.63) is 25.3 Å². The fraction of sp³-hybridized carbons (Fsp3) is 0.692. The number of hydrogen-bond donors (Lipinski definition) is 0. The van der Waals surface area contributed by atoms with E-state index >= 15 is 0 Å². The first kappa shape index (κ1) is 11.5. The first-order valence-corrected chi connectivity index (χ1v) is 5.56. The van der Waals surface area contributed by atoms with Crippen molar-refractivity contribution < 1.29 is 4.74 Å². The van der Waals surface area contributed by atoms with Gasteiger partial charge in [0.05, 0.1) is 5.60 Å².